The van der Waals surface area contributed by atoms with E-state index in [0.717, 1.165) is 16.8 Å². The highest BCUT2D eigenvalue weighted by molar-refractivity contribution is 6.31. The van der Waals surface area contributed by atoms with Crippen molar-refractivity contribution in [3.8, 4) is 22.6 Å². The molecule has 162 valence electrons. The number of aryl methyl sites for hydroxylation is 2. The molecular weight excluding hydrogens is 429 g/mol. The molecule has 2 aromatic heterocycles. The molecule has 4 aromatic rings. The maximum absolute atomic E-state index is 13.6. The first kappa shape index (κ1) is 21.5. The highest BCUT2D eigenvalue weighted by atomic mass is 35.5. The summed E-state index contributed by atoms with van der Waals surface area (Å²) < 4.78 is 15.6. The van der Waals surface area contributed by atoms with Gasteiger partial charge in [-0.3, -0.25) is 4.98 Å². The summed E-state index contributed by atoms with van der Waals surface area (Å²) in [5.41, 5.74) is 12.7. The number of pyridine rings is 1. The van der Waals surface area contributed by atoms with E-state index in [9.17, 15) is 4.39 Å². The molecule has 0 aliphatic carbocycles. The molecule has 0 amide bonds. The Bertz CT molecular complexity index is 1250. The monoisotopic (exact) mass is 449 g/mol. The molecule has 0 unspecified atom stereocenters. The van der Waals surface area contributed by atoms with Gasteiger partial charge in [-0.2, -0.15) is 0 Å². The van der Waals surface area contributed by atoms with Crippen LogP contribution in [-0.4, -0.2) is 20.4 Å². The van der Waals surface area contributed by atoms with Crippen molar-refractivity contribution in [1.29, 1.82) is 0 Å². The summed E-state index contributed by atoms with van der Waals surface area (Å²) in [5.74, 6) is 5.15. The van der Waals surface area contributed by atoms with Gasteiger partial charge in [0, 0.05) is 28.9 Å². The fourth-order valence-corrected chi connectivity index (χ4v) is 3.68. The molecule has 2 aromatic carbocycles. The average Bonchev–Trinajstić information content (AvgIpc) is 3.23. The van der Waals surface area contributed by atoms with Crippen molar-refractivity contribution in [2.24, 2.45) is 16.7 Å². The van der Waals surface area contributed by atoms with Crippen LogP contribution in [0.4, 0.5) is 4.39 Å². The third-order valence-corrected chi connectivity index (χ3v) is 5.39. The maximum atomic E-state index is 13.6. The van der Waals surface area contributed by atoms with E-state index in [-0.39, 0.29) is 11.7 Å². The molecule has 32 heavy (non-hydrogen) atoms. The first-order chi connectivity index (χ1) is 15.6. The molecule has 0 saturated heterocycles. The van der Waals surface area contributed by atoms with E-state index in [2.05, 4.69) is 20.6 Å². The largest absolute Gasteiger partial charge is 0.382 e. The minimum Gasteiger partial charge on any atom is -0.382 e. The van der Waals surface area contributed by atoms with Gasteiger partial charge in [-0.15, -0.1) is 5.10 Å². The van der Waals surface area contributed by atoms with E-state index in [1.54, 1.807) is 36.8 Å². The maximum Gasteiger partial charge on any atom is 0.152 e. The number of hydrogen-bond acceptors (Lipinski definition) is 5. The summed E-state index contributed by atoms with van der Waals surface area (Å²) in [6.45, 7) is 0.629. The highest BCUT2D eigenvalue weighted by Crippen LogP contribution is 2.31. The number of hydrazine groups is 1. The van der Waals surface area contributed by atoms with Gasteiger partial charge in [0.15, 0.2) is 5.84 Å². The normalized spacial score (nSPS) is 11.5. The summed E-state index contributed by atoms with van der Waals surface area (Å²) in [4.78, 5) is 9.09. The van der Waals surface area contributed by atoms with E-state index in [4.69, 9.17) is 23.2 Å². The number of nitrogens with two attached hydrogens (primary N) is 2. The molecule has 2 heterocycles. The van der Waals surface area contributed by atoms with Crippen LogP contribution in [0.1, 0.15) is 11.1 Å². The molecule has 0 spiro atoms. The molecule has 0 aliphatic rings. The van der Waals surface area contributed by atoms with Crippen molar-refractivity contribution in [2.75, 3.05) is 0 Å². The predicted octanol–water partition coefficient (Wildman–Crippen LogP) is 3.73. The zero-order valence-corrected chi connectivity index (χ0v) is 17.8. The molecular formula is C23H21ClFN7. The smallest absolute Gasteiger partial charge is 0.152 e. The Hall–Kier alpha value is -3.75. The first-order valence-corrected chi connectivity index (χ1v) is 10.2. The van der Waals surface area contributed by atoms with Crippen LogP contribution in [0.15, 0.2) is 78.3 Å². The molecule has 0 atom stereocenters. The molecule has 9 heteroatoms. The number of hydrogen-bond donors (Lipinski definition) is 3. The Morgan fingerprint density at radius 1 is 1.09 bits per heavy atom. The average molecular weight is 450 g/mol. The van der Waals surface area contributed by atoms with Crippen molar-refractivity contribution in [2.45, 2.75) is 13.0 Å². The number of imidazole rings is 1. The Kier molecular flexibility index (Phi) is 6.44. The molecule has 0 bridgehead atoms. The van der Waals surface area contributed by atoms with E-state index in [0.29, 0.717) is 34.9 Å². The third kappa shape index (κ3) is 4.61. The van der Waals surface area contributed by atoms with Crippen LogP contribution in [0.25, 0.3) is 22.6 Å². The van der Waals surface area contributed by atoms with Gasteiger partial charge in [0.05, 0.1) is 17.7 Å². The van der Waals surface area contributed by atoms with Crippen LogP contribution >= 0.6 is 11.6 Å². The van der Waals surface area contributed by atoms with Crippen molar-refractivity contribution in [3.05, 3.63) is 95.2 Å². The van der Waals surface area contributed by atoms with Crippen LogP contribution < -0.4 is 17.1 Å². The quantitative estimate of drug-likeness (QED) is 0.172. The number of rotatable bonds is 7. The number of aromatic nitrogens is 3. The van der Waals surface area contributed by atoms with Crippen molar-refractivity contribution in [3.63, 3.8) is 0 Å². The Morgan fingerprint density at radius 2 is 1.88 bits per heavy atom. The van der Waals surface area contributed by atoms with Gasteiger partial charge in [-0.1, -0.05) is 29.8 Å². The summed E-state index contributed by atoms with van der Waals surface area (Å²) in [6, 6.07) is 17.5. The number of hydrazone groups is 1. The van der Waals surface area contributed by atoms with Crippen molar-refractivity contribution >= 4 is 17.4 Å². The second-order valence-corrected chi connectivity index (χ2v) is 7.45. The first-order valence-electron chi connectivity index (χ1n) is 9.87. The van der Waals surface area contributed by atoms with E-state index >= 15 is 0 Å². The lowest BCUT2D eigenvalue weighted by Gasteiger charge is -2.12. The number of benzene rings is 2. The van der Waals surface area contributed by atoms with E-state index < -0.39 is 0 Å². The van der Waals surface area contributed by atoms with Crippen LogP contribution in [0, 0.1) is 5.82 Å². The zero-order valence-electron chi connectivity index (χ0n) is 17.0. The highest BCUT2D eigenvalue weighted by Gasteiger charge is 2.17. The topological polar surface area (TPSA) is 107 Å². The van der Waals surface area contributed by atoms with Crippen LogP contribution in [0.3, 0.4) is 0 Å². The summed E-state index contributed by atoms with van der Waals surface area (Å²) in [7, 11) is 0. The lowest BCUT2D eigenvalue weighted by molar-refractivity contribution is 0.628. The van der Waals surface area contributed by atoms with Gasteiger partial charge < -0.3 is 10.3 Å². The second-order valence-electron chi connectivity index (χ2n) is 7.04. The zero-order chi connectivity index (χ0) is 22.5. The molecule has 0 fully saturated rings. The molecule has 4 rings (SSSR count). The lowest BCUT2D eigenvalue weighted by Crippen LogP contribution is -2.23. The third-order valence-electron chi connectivity index (χ3n) is 5.02. The van der Waals surface area contributed by atoms with Gasteiger partial charge in [-0.05, 0) is 54.4 Å². The Labute approximate surface area is 189 Å². The van der Waals surface area contributed by atoms with Gasteiger partial charge in [0.1, 0.15) is 11.5 Å². The minimum absolute atomic E-state index is 0.220. The Balaban J connectivity index is 1.76. The van der Waals surface area contributed by atoms with Crippen molar-refractivity contribution in [1.82, 2.24) is 20.1 Å². The van der Waals surface area contributed by atoms with Gasteiger partial charge >= 0.3 is 0 Å². The molecule has 0 aliphatic heterocycles. The predicted molar refractivity (Wildman–Crippen MR) is 124 cm³/mol. The van der Waals surface area contributed by atoms with Gasteiger partial charge in [0.2, 0.25) is 0 Å². The molecule has 7 nitrogen and oxygen atoms in total. The minimum atomic E-state index is -0.309. The van der Waals surface area contributed by atoms with Crippen LogP contribution in [-0.2, 0) is 13.0 Å². The standard InChI is InChI=1S/C23H21ClFN7/c24-19-4-2-1-3-15(19)10-12-32-14-29-21(22(32)16-5-7-18(25)8-6-16)20-13-17(9-11-28-20)23(26)30-31-27/h1-9,11,13-14,31H,10,12,27H2,(H2,26,30). The summed E-state index contributed by atoms with van der Waals surface area (Å²) >= 11 is 6.32. The summed E-state index contributed by atoms with van der Waals surface area (Å²) in [6.07, 6.45) is 4.08. The van der Waals surface area contributed by atoms with Crippen molar-refractivity contribution < 1.29 is 4.39 Å². The fourth-order valence-electron chi connectivity index (χ4n) is 3.45. The van der Waals surface area contributed by atoms with E-state index in [1.165, 1.54) is 12.1 Å². The van der Waals surface area contributed by atoms with Gasteiger partial charge in [0.25, 0.3) is 0 Å². The Morgan fingerprint density at radius 3 is 2.62 bits per heavy atom. The van der Waals surface area contributed by atoms with E-state index in [1.807, 2.05) is 28.8 Å². The number of nitrogens with one attached hydrogen (secondary N) is 1. The number of nitrogens with zero attached hydrogens (tertiary/aromatic N) is 4. The molecule has 0 saturated carbocycles. The van der Waals surface area contributed by atoms with Crippen LogP contribution in [0.5, 0.6) is 0 Å². The molecule has 5 N–H and O–H groups in total. The molecule has 0 radical (unpaired) electrons. The van der Waals surface area contributed by atoms with Crippen LogP contribution in [0.2, 0.25) is 5.02 Å². The van der Waals surface area contributed by atoms with Gasteiger partial charge in [-0.25, -0.2) is 20.8 Å². The summed E-state index contributed by atoms with van der Waals surface area (Å²) in [5, 5.41) is 4.53. The number of halogens is 2. The number of amidine groups is 1. The lowest BCUT2D eigenvalue weighted by atomic mass is 10.1. The second kappa shape index (κ2) is 9.59. The fraction of sp³-hybridized carbons (Fsp3) is 0.0870. The SMILES string of the molecule is NN/N=C(\N)c1ccnc(-c2ncn(CCc3ccccc3Cl)c2-c2ccc(F)cc2)c1.